The van der Waals surface area contributed by atoms with Crippen LogP contribution < -0.4 is 10.5 Å². The minimum absolute atomic E-state index is 0.290. The van der Waals surface area contributed by atoms with Gasteiger partial charge in [-0.25, -0.2) is 4.79 Å². The summed E-state index contributed by atoms with van der Waals surface area (Å²) in [6.07, 6.45) is 0. The van der Waals surface area contributed by atoms with Crippen LogP contribution in [0.3, 0.4) is 0 Å². The van der Waals surface area contributed by atoms with Gasteiger partial charge in [0.25, 0.3) is 0 Å². The molecule has 0 saturated carbocycles. The fourth-order valence-corrected chi connectivity index (χ4v) is 1.62. The predicted octanol–water partition coefficient (Wildman–Crippen LogP) is 3.32. The van der Waals surface area contributed by atoms with E-state index in [1.165, 1.54) is 12.1 Å². The first-order valence-corrected chi connectivity index (χ1v) is 5.63. The molecule has 0 fully saturated rings. The second kappa shape index (κ2) is 5.10. The van der Waals surface area contributed by atoms with E-state index in [-0.39, 0.29) is 5.56 Å². The fourth-order valence-electron chi connectivity index (χ4n) is 1.44. The molecule has 18 heavy (non-hydrogen) atoms. The van der Waals surface area contributed by atoms with Crippen molar-refractivity contribution in [2.45, 2.75) is 0 Å². The number of hydrogen-bond acceptors (Lipinski definition) is 3. The number of halogens is 1. The molecule has 2 rings (SSSR count). The Labute approximate surface area is 110 Å². The number of nitrogen functional groups attached to an aromatic ring is 1. The molecule has 0 saturated heterocycles. The lowest BCUT2D eigenvalue weighted by atomic mass is 10.2. The van der Waals surface area contributed by atoms with Crippen LogP contribution in [0.15, 0.2) is 42.5 Å². The van der Waals surface area contributed by atoms with Crippen molar-refractivity contribution in [2.75, 3.05) is 5.73 Å². The number of rotatable bonds is 2. The molecule has 0 amide bonds. The standard InChI is InChI=1S/C14H11ClNO2/c1-9-2-5-11(6-3-9)18-14(17)12-7-4-10(15)8-13(12)16/h2-8H,1,16H2. The Bertz CT molecular complexity index is 579. The third kappa shape index (κ3) is 2.81. The van der Waals surface area contributed by atoms with E-state index in [2.05, 4.69) is 6.92 Å². The first-order chi connectivity index (χ1) is 8.56. The van der Waals surface area contributed by atoms with Gasteiger partial charge in [0.15, 0.2) is 0 Å². The van der Waals surface area contributed by atoms with E-state index in [1.54, 1.807) is 30.3 Å². The van der Waals surface area contributed by atoms with Crippen LogP contribution in [-0.4, -0.2) is 5.97 Å². The zero-order valence-corrected chi connectivity index (χ0v) is 10.3. The van der Waals surface area contributed by atoms with Crippen molar-refractivity contribution in [1.29, 1.82) is 0 Å². The van der Waals surface area contributed by atoms with Crippen molar-refractivity contribution < 1.29 is 9.53 Å². The molecule has 0 spiro atoms. The lowest BCUT2D eigenvalue weighted by Gasteiger charge is -2.07. The molecule has 1 radical (unpaired) electrons. The van der Waals surface area contributed by atoms with Crippen LogP contribution in [0.2, 0.25) is 5.02 Å². The maximum atomic E-state index is 11.9. The summed E-state index contributed by atoms with van der Waals surface area (Å²) in [7, 11) is 0. The van der Waals surface area contributed by atoms with Crippen molar-refractivity contribution in [3.8, 4) is 5.75 Å². The summed E-state index contributed by atoms with van der Waals surface area (Å²) < 4.78 is 5.19. The number of esters is 1. The van der Waals surface area contributed by atoms with Crippen LogP contribution in [0, 0.1) is 6.92 Å². The van der Waals surface area contributed by atoms with E-state index < -0.39 is 5.97 Å². The van der Waals surface area contributed by atoms with Gasteiger partial charge in [-0.1, -0.05) is 23.7 Å². The Hall–Kier alpha value is -2.00. The second-order valence-electron chi connectivity index (χ2n) is 3.77. The fraction of sp³-hybridized carbons (Fsp3) is 0. The molecule has 0 aliphatic carbocycles. The Kier molecular flexibility index (Phi) is 3.53. The van der Waals surface area contributed by atoms with Gasteiger partial charge in [0.2, 0.25) is 0 Å². The summed E-state index contributed by atoms with van der Waals surface area (Å²) >= 11 is 5.76. The van der Waals surface area contributed by atoms with Gasteiger partial charge in [0.1, 0.15) is 5.75 Å². The molecule has 2 N–H and O–H groups in total. The van der Waals surface area contributed by atoms with E-state index in [1.807, 2.05) is 0 Å². The molecule has 0 unspecified atom stereocenters. The van der Waals surface area contributed by atoms with Gasteiger partial charge in [0, 0.05) is 10.7 Å². The molecule has 0 aliphatic rings. The highest BCUT2D eigenvalue weighted by Gasteiger charge is 2.12. The van der Waals surface area contributed by atoms with Crippen LogP contribution in [0.1, 0.15) is 15.9 Å². The molecule has 3 nitrogen and oxygen atoms in total. The third-order valence-corrected chi connectivity index (χ3v) is 2.60. The highest BCUT2D eigenvalue weighted by atomic mass is 35.5. The second-order valence-corrected chi connectivity index (χ2v) is 4.20. The van der Waals surface area contributed by atoms with Crippen molar-refractivity contribution >= 4 is 23.3 Å². The summed E-state index contributed by atoms with van der Waals surface area (Å²) in [6, 6.07) is 11.5. The van der Waals surface area contributed by atoms with Gasteiger partial charge < -0.3 is 10.5 Å². The van der Waals surface area contributed by atoms with Crippen LogP contribution in [-0.2, 0) is 0 Å². The molecule has 2 aromatic carbocycles. The maximum absolute atomic E-state index is 11.9. The number of carbonyl (C=O) groups is 1. The highest BCUT2D eigenvalue weighted by molar-refractivity contribution is 6.31. The highest BCUT2D eigenvalue weighted by Crippen LogP contribution is 2.20. The van der Waals surface area contributed by atoms with E-state index >= 15 is 0 Å². The molecule has 4 heteroatoms. The average molecular weight is 261 g/mol. The number of carbonyl (C=O) groups excluding carboxylic acids is 1. The number of nitrogens with two attached hydrogens (primary N) is 1. The molecule has 2 aromatic rings. The molecule has 91 valence electrons. The molecule has 0 bridgehead atoms. The summed E-state index contributed by atoms with van der Waals surface area (Å²) in [5.41, 5.74) is 7.14. The van der Waals surface area contributed by atoms with E-state index in [0.29, 0.717) is 16.5 Å². The van der Waals surface area contributed by atoms with Gasteiger partial charge in [-0.2, -0.15) is 0 Å². The van der Waals surface area contributed by atoms with Crippen molar-refractivity contribution in [1.82, 2.24) is 0 Å². The quantitative estimate of drug-likeness (QED) is 0.512. The van der Waals surface area contributed by atoms with Crippen LogP contribution in [0.4, 0.5) is 5.69 Å². The topological polar surface area (TPSA) is 52.3 Å². The minimum atomic E-state index is -0.513. The van der Waals surface area contributed by atoms with Gasteiger partial charge in [-0.3, -0.25) is 0 Å². The first kappa shape index (κ1) is 12.5. The van der Waals surface area contributed by atoms with Gasteiger partial charge in [-0.15, -0.1) is 0 Å². The molecular formula is C14H11ClNO2. The molecule has 0 heterocycles. The summed E-state index contributed by atoms with van der Waals surface area (Å²) in [4.78, 5) is 11.9. The van der Waals surface area contributed by atoms with E-state index in [9.17, 15) is 4.79 Å². The first-order valence-electron chi connectivity index (χ1n) is 5.25. The van der Waals surface area contributed by atoms with Crippen molar-refractivity contribution in [3.63, 3.8) is 0 Å². The average Bonchev–Trinajstić information content (AvgIpc) is 2.32. The zero-order valence-electron chi connectivity index (χ0n) is 9.52. The molecule has 0 aromatic heterocycles. The lowest BCUT2D eigenvalue weighted by molar-refractivity contribution is 0.0736. The van der Waals surface area contributed by atoms with Crippen molar-refractivity contribution in [3.05, 3.63) is 65.5 Å². The molecule has 0 aliphatic heterocycles. The molecular weight excluding hydrogens is 250 g/mol. The number of anilines is 1. The van der Waals surface area contributed by atoms with Crippen LogP contribution in [0.25, 0.3) is 0 Å². The number of hydrogen-bond donors (Lipinski definition) is 1. The minimum Gasteiger partial charge on any atom is -0.423 e. The largest absolute Gasteiger partial charge is 0.423 e. The van der Waals surface area contributed by atoms with E-state index in [4.69, 9.17) is 22.1 Å². The Balaban J connectivity index is 2.19. The summed E-state index contributed by atoms with van der Waals surface area (Å²) in [5.74, 6) is -0.0669. The van der Waals surface area contributed by atoms with Crippen LogP contribution >= 0.6 is 11.6 Å². The molecule has 0 atom stereocenters. The van der Waals surface area contributed by atoms with E-state index in [0.717, 1.165) is 5.56 Å². The number of benzene rings is 2. The predicted molar refractivity (Wildman–Crippen MR) is 71.7 cm³/mol. The Morgan fingerprint density at radius 1 is 1.17 bits per heavy atom. The van der Waals surface area contributed by atoms with Gasteiger partial charge >= 0.3 is 5.97 Å². The monoisotopic (exact) mass is 260 g/mol. The zero-order chi connectivity index (χ0) is 13.1. The lowest BCUT2D eigenvalue weighted by Crippen LogP contribution is -2.11. The van der Waals surface area contributed by atoms with Crippen LogP contribution in [0.5, 0.6) is 5.75 Å². The van der Waals surface area contributed by atoms with Gasteiger partial charge in [-0.05, 0) is 42.8 Å². The smallest absolute Gasteiger partial charge is 0.345 e. The normalized spacial score (nSPS) is 10.1. The maximum Gasteiger partial charge on any atom is 0.345 e. The number of ether oxygens (including phenoxy) is 1. The third-order valence-electron chi connectivity index (χ3n) is 2.37. The Morgan fingerprint density at radius 3 is 2.44 bits per heavy atom. The van der Waals surface area contributed by atoms with Crippen molar-refractivity contribution in [2.24, 2.45) is 0 Å². The van der Waals surface area contributed by atoms with Gasteiger partial charge in [0.05, 0.1) is 5.56 Å². The summed E-state index contributed by atoms with van der Waals surface area (Å²) in [6.45, 7) is 3.75. The SMILES string of the molecule is [CH2]c1ccc(OC(=O)c2ccc(Cl)cc2N)cc1. The Morgan fingerprint density at radius 2 is 1.83 bits per heavy atom. The summed E-state index contributed by atoms with van der Waals surface area (Å²) in [5, 5.41) is 0.477.